The van der Waals surface area contributed by atoms with Gasteiger partial charge >= 0.3 is 0 Å². The van der Waals surface area contributed by atoms with Gasteiger partial charge < -0.3 is 19.1 Å². The molecule has 0 spiro atoms. The van der Waals surface area contributed by atoms with Crippen LogP contribution in [0, 0.1) is 0 Å². The van der Waals surface area contributed by atoms with Gasteiger partial charge in [0, 0.05) is 18.7 Å². The molecule has 2 aromatic carbocycles. The SMILES string of the molecule is CCOc1cc(C(=O)N(CC)CCc2ccccc2)cc(OCC)c1OCC. The van der Waals surface area contributed by atoms with Crippen LogP contribution in [-0.4, -0.2) is 43.7 Å². The Balaban J connectivity index is 2.28. The van der Waals surface area contributed by atoms with Crippen molar-refractivity contribution in [2.24, 2.45) is 0 Å². The molecule has 28 heavy (non-hydrogen) atoms. The number of carbonyl (C=O) groups excluding carboxylic acids is 1. The molecule has 5 nitrogen and oxygen atoms in total. The van der Waals surface area contributed by atoms with Gasteiger partial charge in [-0.2, -0.15) is 0 Å². The van der Waals surface area contributed by atoms with Crippen molar-refractivity contribution < 1.29 is 19.0 Å². The third-order valence-electron chi connectivity index (χ3n) is 4.34. The Labute approximate surface area is 168 Å². The highest BCUT2D eigenvalue weighted by Gasteiger charge is 2.21. The highest BCUT2D eigenvalue weighted by molar-refractivity contribution is 5.95. The topological polar surface area (TPSA) is 48.0 Å². The van der Waals surface area contributed by atoms with Gasteiger partial charge in [-0.15, -0.1) is 0 Å². The zero-order chi connectivity index (χ0) is 20.4. The van der Waals surface area contributed by atoms with E-state index in [1.807, 2.05) is 50.8 Å². The average Bonchev–Trinajstić information content (AvgIpc) is 2.71. The number of carbonyl (C=O) groups is 1. The highest BCUT2D eigenvalue weighted by atomic mass is 16.5. The van der Waals surface area contributed by atoms with Crippen LogP contribution >= 0.6 is 0 Å². The fourth-order valence-electron chi connectivity index (χ4n) is 3.01. The van der Waals surface area contributed by atoms with Crippen molar-refractivity contribution in [2.75, 3.05) is 32.9 Å². The van der Waals surface area contributed by atoms with E-state index in [0.717, 1.165) is 6.42 Å². The number of amides is 1. The molecule has 2 aromatic rings. The summed E-state index contributed by atoms with van der Waals surface area (Å²) in [7, 11) is 0. The number of likely N-dealkylation sites (N-methyl/N-ethyl adjacent to an activating group) is 1. The van der Waals surface area contributed by atoms with Crippen LogP contribution < -0.4 is 14.2 Å². The number of benzene rings is 2. The zero-order valence-corrected chi connectivity index (χ0v) is 17.4. The molecule has 0 unspecified atom stereocenters. The minimum Gasteiger partial charge on any atom is -0.490 e. The molecule has 0 saturated carbocycles. The first-order valence-electron chi connectivity index (χ1n) is 10.0. The van der Waals surface area contributed by atoms with Gasteiger partial charge in [-0.05, 0) is 51.8 Å². The van der Waals surface area contributed by atoms with Gasteiger partial charge in [0.2, 0.25) is 5.75 Å². The lowest BCUT2D eigenvalue weighted by atomic mass is 10.1. The molecule has 0 heterocycles. The normalized spacial score (nSPS) is 10.4. The summed E-state index contributed by atoms with van der Waals surface area (Å²) in [6, 6.07) is 13.7. The molecule has 152 valence electrons. The molecule has 0 radical (unpaired) electrons. The minimum atomic E-state index is -0.0385. The van der Waals surface area contributed by atoms with E-state index >= 15 is 0 Å². The maximum atomic E-state index is 13.2. The van der Waals surface area contributed by atoms with E-state index in [-0.39, 0.29) is 5.91 Å². The fourth-order valence-corrected chi connectivity index (χ4v) is 3.01. The summed E-state index contributed by atoms with van der Waals surface area (Å²) in [6.45, 7) is 10.4. The average molecular weight is 386 g/mol. The Morgan fingerprint density at radius 1 is 0.857 bits per heavy atom. The maximum Gasteiger partial charge on any atom is 0.254 e. The molecule has 0 fully saturated rings. The van der Waals surface area contributed by atoms with Crippen molar-refractivity contribution in [3.63, 3.8) is 0 Å². The van der Waals surface area contributed by atoms with Crippen molar-refractivity contribution in [3.8, 4) is 17.2 Å². The Kier molecular flexibility index (Phi) is 8.66. The lowest BCUT2D eigenvalue weighted by Crippen LogP contribution is -2.32. The van der Waals surface area contributed by atoms with Crippen molar-refractivity contribution >= 4 is 5.91 Å². The molecule has 0 aliphatic carbocycles. The summed E-state index contributed by atoms with van der Waals surface area (Å²) < 4.78 is 17.2. The Bertz CT molecular complexity index is 719. The lowest BCUT2D eigenvalue weighted by molar-refractivity contribution is 0.0765. The predicted molar refractivity (Wildman–Crippen MR) is 112 cm³/mol. The first-order chi connectivity index (χ1) is 13.6. The summed E-state index contributed by atoms with van der Waals surface area (Å²) in [5.74, 6) is 1.59. The first kappa shape index (κ1) is 21.6. The van der Waals surface area contributed by atoms with E-state index < -0.39 is 0 Å². The monoisotopic (exact) mass is 385 g/mol. The van der Waals surface area contributed by atoms with Gasteiger partial charge in [-0.3, -0.25) is 4.79 Å². The largest absolute Gasteiger partial charge is 0.490 e. The molecule has 0 bridgehead atoms. The van der Waals surface area contributed by atoms with Crippen LogP contribution in [0.3, 0.4) is 0 Å². The quantitative estimate of drug-likeness (QED) is 0.568. The molecule has 0 atom stereocenters. The summed E-state index contributed by atoms with van der Waals surface area (Å²) >= 11 is 0. The van der Waals surface area contributed by atoms with Crippen molar-refractivity contribution in [1.82, 2.24) is 4.90 Å². The smallest absolute Gasteiger partial charge is 0.254 e. The van der Waals surface area contributed by atoms with Crippen LogP contribution in [0.2, 0.25) is 0 Å². The Morgan fingerprint density at radius 3 is 1.93 bits per heavy atom. The number of hydrogen-bond acceptors (Lipinski definition) is 4. The second-order valence-corrected chi connectivity index (χ2v) is 6.22. The molecule has 0 saturated heterocycles. The third-order valence-corrected chi connectivity index (χ3v) is 4.34. The first-order valence-corrected chi connectivity index (χ1v) is 10.0. The van der Waals surface area contributed by atoms with Crippen LogP contribution in [0.1, 0.15) is 43.6 Å². The molecule has 0 N–H and O–H groups in total. The summed E-state index contributed by atoms with van der Waals surface area (Å²) in [5, 5.41) is 0. The van der Waals surface area contributed by atoms with Gasteiger partial charge in [0.1, 0.15) is 0 Å². The molecule has 5 heteroatoms. The van der Waals surface area contributed by atoms with Crippen molar-refractivity contribution in [1.29, 1.82) is 0 Å². The lowest BCUT2D eigenvalue weighted by Gasteiger charge is -2.23. The molecule has 0 aromatic heterocycles. The van der Waals surface area contributed by atoms with E-state index in [4.69, 9.17) is 14.2 Å². The molecular weight excluding hydrogens is 354 g/mol. The highest BCUT2D eigenvalue weighted by Crippen LogP contribution is 2.39. The summed E-state index contributed by atoms with van der Waals surface area (Å²) in [5.41, 5.74) is 1.76. The Morgan fingerprint density at radius 2 is 1.43 bits per heavy atom. The second kappa shape index (κ2) is 11.2. The van der Waals surface area contributed by atoms with Gasteiger partial charge in [-0.25, -0.2) is 0 Å². The van der Waals surface area contributed by atoms with Crippen LogP contribution in [0.15, 0.2) is 42.5 Å². The van der Waals surface area contributed by atoms with E-state index in [1.165, 1.54) is 5.56 Å². The second-order valence-electron chi connectivity index (χ2n) is 6.22. The number of ether oxygens (including phenoxy) is 3. The zero-order valence-electron chi connectivity index (χ0n) is 17.4. The van der Waals surface area contributed by atoms with Gasteiger partial charge in [-0.1, -0.05) is 30.3 Å². The molecule has 0 aliphatic heterocycles. The van der Waals surface area contributed by atoms with Crippen LogP contribution in [0.25, 0.3) is 0 Å². The number of rotatable bonds is 11. The maximum absolute atomic E-state index is 13.2. The van der Waals surface area contributed by atoms with Crippen LogP contribution in [0.4, 0.5) is 0 Å². The van der Waals surface area contributed by atoms with Crippen molar-refractivity contribution in [3.05, 3.63) is 53.6 Å². The van der Waals surface area contributed by atoms with Gasteiger partial charge in [0.15, 0.2) is 11.5 Å². The fraction of sp³-hybridized carbons (Fsp3) is 0.435. The standard InChI is InChI=1S/C23H31NO4/c1-5-24(15-14-18-12-10-9-11-13-18)23(25)19-16-20(26-6-2)22(28-8-4)21(17-19)27-7-3/h9-13,16-17H,5-8,14-15H2,1-4H3. The Hall–Kier alpha value is -2.69. The molecule has 2 rings (SSSR count). The third kappa shape index (κ3) is 5.65. The predicted octanol–water partition coefficient (Wildman–Crippen LogP) is 4.59. The van der Waals surface area contributed by atoms with Gasteiger partial charge in [0.05, 0.1) is 19.8 Å². The summed E-state index contributed by atoms with van der Waals surface area (Å²) in [6.07, 6.45) is 0.814. The number of hydrogen-bond donors (Lipinski definition) is 0. The van der Waals surface area contributed by atoms with E-state index in [2.05, 4.69) is 12.1 Å². The van der Waals surface area contributed by atoms with Gasteiger partial charge in [0.25, 0.3) is 5.91 Å². The van der Waals surface area contributed by atoms with Crippen molar-refractivity contribution in [2.45, 2.75) is 34.1 Å². The van der Waals surface area contributed by atoms with E-state index in [1.54, 1.807) is 12.1 Å². The minimum absolute atomic E-state index is 0.0385. The van der Waals surface area contributed by atoms with E-state index in [9.17, 15) is 4.79 Å². The molecule has 0 aliphatic rings. The summed E-state index contributed by atoms with van der Waals surface area (Å²) in [4.78, 5) is 15.0. The molecule has 1 amide bonds. The number of nitrogens with zero attached hydrogens (tertiary/aromatic N) is 1. The van der Waals surface area contributed by atoms with E-state index in [0.29, 0.717) is 55.7 Å². The molecular formula is C23H31NO4. The van der Waals surface area contributed by atoms with Crippen LogP contribution in [0.5, 0.6) is 17.2 Å². The van der Waals surface area contributed by atoms with Crippen LogP contribution in [-0.2, 0) is 6.42 Å².